The molecule has 0 spiro atoms. The van der Waals surface area contributed by atoms with Gasteiger partial charge < -0.3 is 5.32 Å². The summed E-state index contributed by atoms with van der Waals surface area (Å²) in [6.45, 7) is 0. The van der Waals surface area contributed by atoms with Gasteiger partial charge in [0.25, 0.3) is 0 Å². The lowest BCUT2D eigenvalue weighted by atomic mass is 9.92. The fourth-order valence-electron chi connectivity index (χ4n) is 4.22. The Morgan fingerprint density at radius 1 is 1.11 bits per heavy atom. The van der Waals surface area contributed by atoms with E-state index in [9.17, 15) is 4.79 Å². The van der Waals surface area contributed by atoms with Gasteiger partial charge in [0.1, 0.15) is 0 Å². The average molecular weight is 358 g/mol. The van der Waals surface area contributed by atoms with E-state index in [0.29, 0.717) is 5.92 Å². The predicted octanol–water partition coefficient (Wildman–Crippen LogP) is 3.56. The number of hydrogen-bond donors (Lipinski definition) is 1. The Hall–Kier alpha value is -2.95. The number of fused-ring (bicyclic) bond motifs is 1. The molecule has 0 bridgehead atoms. The van der Waals surface area contributed by atoms with Crippen LogP contribution in [0.5, 0.6) is 0 Å². The van der Waals surface area contributed by atoms with Gasteiger partial charge in [-0.2, -0.15) is 5.10 Å². The molecule has 3 unspecified atom stereocenters. The molecule has 0 radical (unpaired) electrons. The highest BCUT2D eigenvalue weighted by Crippen LogP contribution is 2.48. The molecule has 5 nitrogen and oxygen atoms in total. The molecular formula is C22H22N4O. The van der Waals surface area contributed by atoms with E-state index in [4.69, 9.17) is 0 Å². The molecule has 0 aliphatic heterocycles. The fourth-order valence-corrected chi connectivity index (χ4v) is 4.22. The second-order valence-electron chi connectivity index (χ2n) is 7.46. The number of hydrogen-bond acceptors (Lipinski definition) is 3. The van der Waals surface area contributed by atoms with Crippen molar-refractivity contribution in [3.05, 3.63) is 77.7 Å². The van der Waals surface area contributed by atoms with Gasteiger partial charge in [-0.25, -0.2) is 9.67 Å². The Morgan fingerprint density at radius 3 is 2.78 bits per heavy atom. The highest BCUT2D eigenvalue weighted by atomic mass is 16.2. The van der Waals surface area contributed by atoms with E-state index in [1.165, 1.54) is 11.3 Å². The molecule has 1 N–H and O–H groups in total. The van der Waals surface area contributed by atoms with Crippen LogP contribution in [0.4, 0.5) is 0 Å². The highest BCUT2D eigenvalue weighted by Gasteiger charge is 2.44. The van der Waals surface area contributed by atoms with Crippen LogP contribution in [-0.4, -0.2) is 20.7 Å². The van der Waals surface area contributed by atoms with Crippen molar-refractivity contribution >= 4 is 5.91 Å². The first-order valence-electron chi connectivity index (χ1n) is 9.65. The zero-order chi connectivity index (χ0) is 18.2. The molecule has 27 heavy (non-hydrogen) atoms. The van der Waals surface area contributed by atoms with Crippen LogP contribution >= 0.6 is 0 Å². The zero-order valence-corrected chi connectivity index (χ0v) is 15.1. The molecule has 1 aromatic carbocycles. The van der Waals surface area contributed by atoms with Gasteiger partial charge >= 0.3 is 0 Å². The Bertz CT molecular complexity index is 951. The minimum Gasteiger partial charge on any atom is -0.349 e. The Labute approximate surface area is 158 Å². The fraction of sp³-hybridized carbons (Fsp3) is 0.318. The van der Waals surface area contributed by atoms with Crippen molar-refractivity contribution in [3.8, 4) is 5.82 Å². The molecule has 5 heteroatoms. The average Bonchev–Trinajstić information content (AvgIpc) is 3.41. The summed E-state index contributed by atoms with van der Waals surface area (Å²) in [6, 6.07) is 16.2. The van der Waals surface area contributed by atoms with Crippen LogP contribution in [0.1, 0.15) is 48.0 Å². The van der Waals surface area contributed by atoms with Gasteiger partial charge in [0.2, 0.25) is 5.91 Å². The molecule has 1 saturated carbocycles. The Kier molecular flexibility index (Phi) is 4.00. The number of pyridine rings is 1. The summed E-state index contributed by atoms with van der Waals surface area (Å²) in [7, 11) is 0. The minimum absolute atomic E-state index is 0.0516. The first kappa shape index (κ1) is 16.2. The van der Waals surface area contributed by atoms with E-state index >= 15 is 0 Å². The normalized spacial score (nSPS) is 23.5. The third-order valence-electron chi connectivity index (χ3n) is 5.72. The molecule has 2 aliphatic carbocycles. The van der Waals surface area contributed by atoms with Gasteiger partial charge in [-0.3, -0.25) is 4.79 Å². The summed E-state index contributed by atoms with van der Waals surface area (Å²) in [5.41, 5.74) is 3.57. The van der Waals surface area contributed by atoms with Crippen molar-refractivity contribution in [1.82, 2.24) is 20.1 Å². The molecule has 0 saturated heterocycles. The summed E-state index contributed by atoms with van der Waals surface area (Å²) in [5, 5.41) is 7.84. The molecule has 2 heterocycles. The standard InChI is InChI=1S/C22H22N4O/c27-22(17-13-16(17)15-7-2-1-3-8-15)25-19-9-6-10-20-18(19)14-24-26(20)21-11-4-5-12-23-21/h1-5,7-8,11-12,14,16-17,19H,6,9-10,13H2,(H,25,27). The largest absolute Gasteiger partial charge is 0.349 e. The second-order valence-corrected chi connectivity index (χ2v) is 7.46. The third-order valence-corrected chi connectivity index (χ3v) is 5.72. The lowest BCUT2D eigenvalue weighted by molar-refractivity contribution is -0.123. The molecule has 2 aliphatic rings. The molecule has 136 valence electrons. The number of carbonyl (C=O) groups excluding carboxylic acids is 1. The summed E-state index contributed by atoms with van der Waals surface area (Å²) in [6.07, 6.45) is 7.60. The van der Waals surface area contributed by atoms with Crippen molar-refractivity contribution < 1.29 is 4.79 Å². The number of amides is 1. The number of carbonyl (C=O) groups is 1. The van der Waals surface area contributed by atoms with Crippen molar-refractivity contribution in [1.29, 1.82) is 0 Å². The Morgan fingerprint density at radius 2 is 1.96 bits per heavy atom. The molecule has 3 atom stereocenters. The summed E-state index contributed by atoms with van der Waals surface area (Å²) in [4.78, 5) is 17.2. The van der Waals surface area contributed by atoms with E-state index in [1.807, 2.05) is 47.3 Å². The van der Waals surface area contributed by atoms with Crippen LogP contribution in [0, 0.1) is 5.92 Å². The van der Waals surface area contributed by atoms with Gasteiger partial charge in [0.05, 0.1) is 17.9 Å². The number of aromatic nitrogens is 3. The maximum Gasteiger partial charge on any atom is 0.224 e. The van der Waals surface area contributed by atoms with Crippen molar-refractivity contribution in [2.75, 3.05) is 0 Å². The molecule has 1 amide bonds. The maximum absolute atomic E-state index is 12.8. The van der Waals surface area contributed by atoms with Crippen LogP contribution in [0.3, 0.4) is 0 Å². The first-order chi connectivity index (χ1) is 13.3. The van der Waals surface area contributed by atoms with Crippen molar-refractivity contribution in [2.45, 2.75) is 37.6 Å². The Balaban J connectivity index is 1.32. The van der Waals surface area contributed by atoms with Gasteiger partial charge in [-0.15, -0.1) is 0 Å². The van der Waals surface area contributed by atoms with E-state index < -0.39 is 0 Å². The first-order valence-corrected chi connectivity index (χ1v) is 9.65. The molecule has 5 rings (SSSR count). The summed E-state index contributed by atoms with van der Waals surface area (Å²) in [5.74, 6) is 1.47. The van der Waals surface area contributed by atoms with Gasteiger partial charge in [0.15, 0.2) is 5.82 Å². The molecular weight excluding hydrogens is 336 g/mol. The van der Waals surface area contributed by atoms with E-state index in [1.54, 1.807) is 6.20 Å². The lowest BCUT2D eigenvalue weighted by Crippen LogP contribution is -2.32. The molecule has 1 fully saturated rings. The number of nitrogens with zero attached hydrogens (tertiary/aromatic N) is 3. The van der Waals surface area contributed by atoms with E-state index in [-0.39, 0.29) is 17.9 Å². The highest BCUT2D eigenvalue weighted by molar-refractivity contribution is 5.83. The van der Waals surface area contributed by atoms with Gasteiger partial charge in [-0.1, -0.05) is 36.4 Å². The quantitative estimate of drug-likeness (QED) is 0.776. The zero-order valence-electron chi connectivity index (χ0n) is 15.1. The predicted molar refractivity (Wildman–Crippen MR) is 102 cm³/mol. The van der Waals surface area contributed by atoms with Crippen LogP contribution in [0.15, 0.2) is 60.9 Å². The van der Waals surface area contributed by atoms with Crippen LogP contribution in [0.2, 0.25) is 0 Å². The SMILES string of the molecule is O=C(NC1CCCc2c1cnn2-c1ccccn1)C1CC1c1ccccc1. The van der Waals surface area contributed by atoms with Crippen molar-refractivity contribution in [2.24, 2.45) is 5.92 Å². The van der Waals surface area contributed by atoms with Crippen LogP contribution in [0.25, 0.3) is 5.82 Å². The summed E-state index contributed by atoms with van der Waals surface area (Å²) < 4.78 is 1.91. The smallest absolute Gasteiger partial charge is 0.224 e. The number of rotatable bonds is 4. The third kappa shape index (κ3) is 3.03. The molecule has 2 aromatic heterocycles. The van der Waals surface area contributed by atoms with Gasteiger partial charge in [0, 0.05) is 17.7 Å². The second kappa shape index (κ2) is 6.65. The monoisotopic (exact) mass is 358 g/mol. The van der Waals surface area contributed by atoms with E-state index in [0.717, 1.165) is 37.1 Å². The van der Waals surface area contributed by atoms with Crippen LogP contribution < -0.4 is 5.32 Å². The summed E-state index contributed by atoms with van der Waals surface area (Å²) >= 11 is 0. The lowest BCUT2D eigenvalue weighted by Gasteiger charge is -2.24. The minimum atomic E-state index is 0.0516. The number of nitrogens with one attached hydrogen (secondary N) is 1. The van der Waals surface area contributed by atoms with Crippen LogP contribution in [-0.2, 0) is 11.2 Å². The number of benzene rings is 1. The molecule has 3 aromatic rings. The van der Waals surface area contributed by atoms with Gasteiger partial charge in [-0.05, 0) is 49.3 Å². The maximum atomic E-state index is 12.8. The van der Waals surface area contributed by atoms with Crippen molar-refractivity contribution in [3.63, 3.8) is 0 Å². The van der Waals surface area contributed by atoms with E-state index in [2.05, 4.69) is 27.5 Å². The topological polar surface area (TPSA) is 59.8 Å².